The maximum atomic E-state index is 6.23. The molecule has 3 rings (SSSR count). The van der Waals surface area contributed by atoms with Crippen LogP contribution in [0.3, 0.4) is 0 Å². The summed E-state index contributed by atoms with van der Waals surface area (Å²) in [6.45, 7) is 2.91. The molecule has 0 radical (unpaired) electrons. The molecule has 2 nitrogen and oxygen atoms in total. The van der Waals surface area contributed by atoms with Crippen molar-refractivity contribution in [2.75, 3.05) is 18.5 Å². The molecule has 1 N–H and O–H groups in total. The summed E-state index contributed by atoms with van der Waals surface area (Å²) in [5.41, 5.74) is 5.48. The van der Waals surface area contributed by atoms with Gasteiger partial charge in [-0.15, -0.1) is 0 Å². The van der Waals surface area contributed by atoms with E-state index in [4.69, 9.17) is 11.6 Å². The molecule has 0 amide bonds. The Morgan fingerprint density at radius 1 is 1.14 bits per heavy atom. The first kappa shape index (κ1) is 14.4. The van der Waals surface area contributed by atoms with E-state index in [1.165, 1.54) is 28.8 Å². The summed E-state index contributed by atoms with van der Waals surface area (Å²) >= 11 is 6.23. The van der Waals surface area contributed by atoms with E-state index in [2.05, 4.69) is 46.6 Å². The third-order valence-corrected chi connectivity index (χ3v) is 4.34. The Balaban J connectivity index is 1.95. The van der Waals surface area contributed by atoms with E-state index in [-0.39, 0.29) is 0 Å². The molecule has 21 heavy (non-hydrogen) atoms. The summed E-state index contributed by atoms with van der Waals surface area (Å²) in [5, 5.41) is 4.06. The molecule has 0 bridgehead atoms. The van der Waals surface area contributed by atoms with Crippen LogP contribution in [0.15, 0.2) is 42.5 Å². The fourth-order valence-electron chi connectivity index (χ4n) is 3.08. The average Bonchev–Trinajstić information content (AvgIpc) is 2.71. The van der Waals surface area contributed by atoms with Crippen LogP contribution in [0.2, 0.25) is 5.02 Å². The van der Waals surface area contributed by atoms with Crippen molar-refractivity contribution in [2.24, 2.45) is 0 Å². The maximum Gasteiger partial charge on any atom is 0.0432 e. The third-order valence-electron chi connectivity index (χ3n) is 4.11. The van der Waals surface area contributed by atoms with Crippen molar-refractivity contribution >= 4 is 17.3 Å². The summed E-state index contributed by atoms with van der Waals surface area (Å²) in [4.78, 5) is 2.46. The molecule has 0 aromatic heterocycles. The number of aryl methyl sites for hydroxylation is 1. The summed E-state index contributed by atoms with van der Waals surface area (Å²) in [6, 6.07) is 15.0. The summed E-state index contributed by atoms with van der Waals surface area (Å²) in [6.07, 6.45) is 2.34. The number of halogens is 1. The Kier molecular flexibility index (Phi) is 4.47. The molecule has 0 spiro atoms. The van der Waals surface area contributed by atoms with Gasteiger partial charge in [0.2, 0.25) is 0 Å². The Bertz CT molecular complexity index is 624. The maximum absolute atomic E-state index is 6.23. The lowest BCUT2D eigenvalue weighted by molar-refractivity contribution is 0.749. The second-order valence-electron chi connectivity index (χ2n) is 5.60. The molecule has 2 aromatic rings. The molecule has 0 aliphatic carbocycles. The van der Waals surface area contributed by atoms with Crippen LogP contribution in [-0.2, 0) is 19.5 Å². The summed E-state index contributed by atoms with van der Waals surface area (Å²) in [5.74, 6) is 0. The van der Waals surface area contributed by atoms with Crippen LogP contribution < -0.4 is 10.2 Å². The fraction of sp³-hybridized carbons (Fsp3) is 0.333. The van der Waals surface area contributed by atoms with Gasteiger partial charge in [0.1, 0.15) is 0 Å². The van der Waals surface area contributed by atoms with E-state index in [1.807, 2.05) is 13.1 Å². The standard InChI is InChI=1S/C18H21ClN2/c1-20-12-15-8-9-17(19)11-18(15)21-10-4-7-14-5-2-3-6-16(14)13-21/h2-3,5-6,8-9,11,20H,4,7,10,12-13H2,1H3. The molecule has 0 unspecified atom stereocenters. The summed E-state index contributed by atoms with van der Waals surface area (Å²) < 4.78 is 0. The predicted molar refractivity (Wildman–Crippen MR) is 90.0 cm³/mol. The minimum absolute atomic E-state index is 0.808. The molecule has 3 heteroatoms. The van der Waals surface area contributed by atoms with Gasteiger partial charge in [-0.3, -0.25) is 0 Å². The number of benzene rings is 2. The highest BCUT2D eigenvalue weighted by atomic mass is 35.5. The van der Waals surface area contributed by atoms with E-state index in [1.54, 1.807) is 0 Å². The second kappa shape index (κ2) is 6.50. The first-order chi connectivity index (χ1) is 10.3. The van der Waals surface area contributed by atoms with Crippen molar-refractivity contribution in [3.63, 3.8) is 0 Å². The topological polar surface area (TPSA) is 15.3 Å². The molecule has 0 fully saturated rings. The predicted octanol–water partition coefficient (Wildman–Crippen LogP) is 4.01. The molecule has 1 heterocycles. The van der Waals surface area contributed by atoms with Crippen LogP contribution in [0.4, 0.5) is 5.69 Å². The van der Waals surface area contributed by atoms with Gasteiger partial charge in [-0.05, 0) is 48.7 Å². The highest BCUT2D eigenvalue weighted by molar-refractivity contribution is 6.30. The van der Waals surface area contributed by atoms with Gasteiger partial charge >= 0.3 is 0 Å². The van der Waals surface area contributed by atoms with Crippen LogP contribution in [0.1, 0.15) is 23.1 Å². The largest absolute Gasteiger partial charge is 0.367 e. The van der Waals surface area contributed by atoms with Gasteiger partial charge < -0.3 is 10.2 Å². The normalized spacial score (nSPS) is 14.7. The van der Waals surface area contributed by atoms with Gasteiger partial charge in [-0.1, -0.05) is 41.9 Å². The van der Waals surface area contributed by atoms with Gasteiger partial charge in [0, 0.05) is 30.3 Å². The minimum Gasteiger partial charge on any atom is -0.367 e. The zero-order chi connectivity index (χ0) is 14.7. The lowest BCUT2D eigenvalue weighted by atomic mass is 10.0. The highest BCUT2D eigenvalue weighted by Gasteiger charge is 2.17. The Hall–Kier alpha value is -1.51. The van der Waals surface area contributed by atoms with Gasteiger partial charge in [0.25, 0.3) is 0 Å². The molecule has 2 aromatic carbocycles. The van der Waals surface area contributed by atoms with E-state index in [0.717, 1.165) is 31.1 Å². The lowest BCUT2D eigenvalue weighted by Gasteiger charge is -2.26. The number of anilines is 1. The Morgan fingerprint density at radius 2 is 1.95 bits per heavy atom. The van der Waals surface area contributed by atoms with Gasteiger partial charge in [0.05, 0.1) is 0 Å². The van der Waals surface area contributed by atoms with E-state index in [0.29, 0.717) is 0 Å². The summed E-state index contributed by atoms with van der Waals surface area (Å²) in [7, 11) is 1.98. The van der Waals surface area contributed by atoms with Crippen LogP contribution in [0.25, 0.3) is 0 Å². The Labute approximate surface area is 131 Å². The van der Waals surface area contributed by atoms with Crippen molar-refractivity contribution in [1.82, 2.24) is 5.32 Å². The zero-order valence-corrected chi connectivity index (χ0v) is 13.2. The van der Waals surface area contributed by atoms with Crippen LogP contribution >= 0.6 is 11.6 Å². The average molecular weight is 301 g/mol. The number of nitrogens with one attached hydrogen (secondary N) is 1. The molecular formula is C18H21ClN2. The number of rotatable bonds is 3. The van der Waals surface area contributed by atoms with E-state index < -0.39 is 0 Å². The van der Waals surface area contributed by atoms with Gasteiger partial charge in [-0.2, -0.15) is 0 Å². The smallest absolute Gasteiger partial charge is 0.0432 e. The number of hydrogen-bond acceptors (Lipinski definition) is 2. The quantitative estimate of drug-likeness (QED) is 0.921. The first-order valence-corrected chi connectivity index (χ1v) is 7.90. The molecular weight excluding hydrogens is 280 g/mol. The van der Waals surface area contributed by atoms with Crippen molar-refractivity contribution in [2.45, 2.75) is 25.9 Å². The molecule has 0 saturated heterocycles. The zero-order valence-electron chi connectivity index (χ0n) is 12.4. The fourth-order valence-corrected chi connectivity index (χ4v) is 3.24. The number of nitrogens with zero attached hydrogens (tertiary/aromatic N) is 1. The van der Waals surface area contributed by atoms with Gasteiger partial charge in [-0.25, -0.2) is 0 Å². The first-order valence-electron chi connectivity index (χ1n) is 7.52. The highest BCUT2D eigenvalue weighted by Crippen LogP contribution is 2.29. The second-order valence-corrected chi connectivity index (χ2v) is 6.03. The van der Waals surface area contributed by atoms with Gasteiger partial charge in [0.15, 0.2) is 0 Å². The lowest BCUT2D eigenvalue weighted by Crippen LogP contribution is -2.24. The molecule has 0 saturated carbocycles. The third kappa shape index (κ3) is 3.22. The minimum atomic E-state index is 0.808. The van der Waals surface area contributed by atoms with Crippen molar-refractivity contribution in [3.05, 3.63) is 64.2 Å². The van der Waals surface area contributed by atoms with Crippen LogP contribution in [0.5, 0.6) is 0 Å². The number of fused-ring (bicyclic) bond motifs is 1. The van der Waals surface area contributed by atoms with Crippen molar-refractivity contribution in [1.29, 1.82) is 0 Å². The van der Waals surface area contributed by atoms with E-state index >= 15 is 0 Å². The molecule has 1 aliphatic rings. The monoisotopic (exact) mass is 300 g/mol. The number of hydrogen-bond donors (Lipinski definition) is 1. The van der Waals surface area contributed by atoms with Crippen LogP contribution in [-0.4, -0.2) is 13.6 Å². The molecule has 110 valence electrons. The van der Waals surface area contributed by atoms with E-state index in [9.17, 15) is 0 Å². The van der Waals surface area contributed by atoms with Crippen LogP contribution in [0, 0.1) is 0 Å². The van der Waals surface area contributed by atoms with Crippen molar-refractivity contribution in [3.8, 4) is 0 Å². The molecule has 1 aliphatic heterocycles. The molecule has 0 atom stereocenters. The SMILES string of the molecule is CNCc1ccc(Cl)cc1N1CCCc2ccccc2C1. The Morgan fingerprint density at radius 3 is 2.76 bits per heavy atom. The van der Waals surface area contributed by atoms with Crippen molar-refractivity contribution < 1.29 is 0 Å².